The monoisotopic (exact) mass is 257 g/mol. The third-order valence-corrected chi connectivity index (χ3v) is 2.66. The van der Waals surface area contributed by atoms with Crippen LogP contribution in [0.25, 0.3) is 0 Å². The standard InChI is InChI=1S/C14H15N3O2/c1-10-3-6-14(19-10)13(9-18-2)17-12-5-4-11(7-15)16-8-12/h3-6,8,13,17H,9H2,1-2H3/t13-/m1/s1. The van der Waals surface area contributed by atoms with Crippen LogP contribution in [-0.4, -0.2) is 18.7 Å². The summed E-state index contributed by atoms with van der Waals surface area (Å²) in [5, 5.41) is 12.0. The maximum absolute atomic E-state index is 8.71. The van der Waals surface area contributed by atoms with Crippen LogP contribution >= 0.6 is 0 Å². The second-order valence-electron chi connectivity index (χ2n) is 4.14. The highest BCUT2D eigenvalue weighted by Gasteiger charge is 2.15. The molecule has 1 atom stereocenters. The highest BCUT2D eigenvalue weighted by molar-refractivity contribution is 5.44. The first-order valence-electron chi connectivity index (χ1n) is 5.91. The summed E-state index contributed by atoms with van der Waals surface area (Å²) in [6.45, 7) is 2.38. The minimum atomic E-state index is -0.0894. The van der Waals surface area contributed by atoms with Gasteiger partial charge < -0.3 is 14.5 Å². The first-order chi connectivity index (χ1) is 9.22. The van der Waals surface area contributed by atoms with E-state index < -0.39 is 0 Å². The molecule has 0 spiro atoms. The minimum Gasteiger partial charge on any atom is -0.464 e. The molecule has 1 N–H and O–H groups in total. The molecule has 2 aromatic heterocycles. The van der Waals surface area contributed by atoms with Crippen molar-refractivity contribution in [3.8, 4) is 6.07 Å². The van der Waals surface area contributed by atoms with Crippen LogP contribution in [0, 0.1) is 18.3 Å². The molecule has 2 heterocycles. The number of aryl methyl sites for hydroxylation is 1. The number of hydrogen-bond acceptors (Lipinski definition) is 5. The summed E-state index contributed by atoms with van der Waals surface area (Å²) in [5.41, 5.74) is 1.21. The van der Waals surface area contributed by atoms with Gasteiger partial charge in [-0.1, -0.05) is 0 Å². The van der Waals surface area contributed by atoms with E-state index in [0.717, 1.165) is 17.2 Å². The molecule has 19 heavy (non-hydrogen) atoms. The molecular formula is C14H15N3O2. The first kappa shape index (κ1) is 13.1. The molecule has 5 nitrogen and oxygen atoms in total. The van der Waals surface area contributed by atoms with Gasteiger partial charge in [0.2, 0.25) is 0 Å². The smallest absolute Gasteiger partial charge is 0.140 e. The number of nitrogens with zero attached hydrogens (tertiary/aromatic N) is 2. The maximum atomic E-state index is 8.71. The summed E-state index contributed by atoms with van der Waals surface area (Å²) in [6, 6.07) is 9.21. The molecule has 2 rings (SSSR count). The lowest BCUT2D eigenvalue weighted by Gasteiger charge is -2.16. The van der Waals surface area contributed by atoms with E-state index in [1.54, 1.807) is 19.4 Å². The fraction of sp³-hybridized carbons (Fsp3) is 0.286. The van der Waals surface area contributed by atoms with Gasteiger partial charge in [0.25, 0.3) is 0 Å². The van der Waals surface area contributed by atoms with E-state index >= 15 is 0 Å². The van der Waals surface area contributed by atoms with Crippen LogP contribution in [-0.2, 0) is 4.74 Å². The van der Waals surface area contributed by atoms with E-state index in [1.165, 1.54) is 0 Å². The van der Waals surface area contributed by atoms with Crippen LogP contribution < -0.4 is 5.32 Å². The van der Waals surface area contributed by atoms with Crippen molar-refractivity contribution in [1.82, 2.24) is 4.98 Å². The Morgan fingerprint density at radius 1 is 1.42 bits per heavy atom. The quantitative estimate of drug-likeness (QED) is 0.891. The van der Waals surface area contributed by atoms with E-state index in [4.69, 9.17) is 14.4 Å². The van der Waals surface area contributed by atoms with Gasteiger partial charge >= 0.3 is 0 Å². The predicted molar refractivity (Wildman–Crippen MR) is 70.6 cm³/mol. The normalized spacial score (nSPS) is 11.8. The molecule has 0 aliphatic carbocycles. The van der Waals surface area contributed by atoms with Gasteiger partial charge in [0.1, 0.15) is 29.3 Å². The average Bonchev–Trinajstić information content (AvgIpc) is 2.86. The Kier molecular flexibility index (Phi) is 4.16. The fourth-order valence-corrected chi connectivity index (χ4v) is 1.75. The van der Waals surface area contributed by atoms with Crippen molar-refractivity contribution in [3.63, 3.8) is 0 Å². The lowest BCUT2D eigenvalue weighted by Crippen LogP contribution is -2.15. The van der Waals surface area contributed by atoms with Crippen molar-refractivity contribution < 1.29 is 9.15 Å². The molecule has 0 saturated carbocycles. The summed E-state index contributed by atoms with van der Waals surface area (Å²) in [6.07, 6.45) is 1.62. The molecule has 0 aliphatic heterocycles. The maximum Gasteiger partial charge on any atom is 0.140 e. The zero-order chi connectivity index (χ0) is 13.7. The molecule has 0 amide bonds. The van der Waals surface area contributed by atoms with Crippen LogP contribution in [0.4, 0.5) is 5.69 Å². The second kappa shape index (κ2) is 6.03. The molecule has 0 radical (unpaired) electrons. The van der Waals surface area contributed by atoms with Gasteiger partial charge in [0, 0.05) is 7.11 Å². The van der Waals surface area contributed by atoms with Gasteiger partial charge in [-0.05, 0) is 31.2 Å². The molecule has 0 saturated heterocycles. The molecule has 98 valence electrons. The van der Waals surface area contributed by atoms with Gasteiger partial charge in [-0.3, -0.25) is 0 Å². The number of ether oxygens (including phenoxy) is 1. The number of nitrogens with one attached hydrogen (secondary N) is 1. The Morgan fingerprint density at radius 2 is 2.26 bits per heavy atom. The molecule has 0 aromatic carbocycles. The third kappa shape index (κ3) is 3.33. The summed E-state index contributed by atoms with van der Waals surface area (Å²) in [5.74, 6) is 1.67. The SMILES string of the molecule is COC[C@@H](Nc1ccc(C#N)nc1)c1ccc(C)o1. The van der Waals surface area contributed by atoms with Crippen LogP contribution in [0.5, 0.6) is 0 Å². The van der Waals surface area contributed by atoms with Gasteiger partial charge in [0.15, 0.2) is 0 Å². The molecular weight excluding hydrogens is 242 g/mol. The molecule has 0 bridgehead atoms. The van der Waals surface area contributed by atoms with Crippen LogP contribution in [0.3, 0.4) is 0 Å². The Hall–Kier alpha value is -2.32. The Morgan fingerprint density at radius 3 is 2.79 bits per heavy atom. The molecule has 0 unspecified atom stereocenters. The molecule has 0 aliphatic rings. The fourth-order valence-electron chi connectivity index (χ4n) is 1.75. The second-order valence-corrected chi connectivity index (χ2v) is 4.14. The van der Waals surface area contributed by atoms with Crippen molar-refractivity contribution in [1.29, 1.82) is 5.26 Å². The zero-order valence-corrected chi connectivity index (χ0v) is 10.9. The molecule has 0 fully saturated rings. The van der Waals surface area contributed by atoms with Gasteiger partial charge in [-0.15, -0.1) is 0 Å². The average molecular weight is 257 g/mol. The van der Waals surface area contributed by atoms with Gasteiger partial charge in [0.05, 0.1) is 18.5 Å². The summed E-state index contributed by atoms with van der Waals surface area (Å²) >= 11 is 0. The number of methoxy groups -OCH3 is 1. The largest absolute Gasteiger partial charge is 0.464 e. The lowest BCUT2D eigenvalue weighted by molar-refractivity contribution is 0.178. The van der Waals surface area contributed by atoms with Gasteiger partial charge in [-0.25, -0.2) is 4.98 Å². The van der Waals surface area contributed by atoms with E-state index in [1.807, 2.05) is 31.2 Å². The third-order valence-electron chi connectivity index (χ3n) is 2.66. The Balaban J connectivity index is 2.14. The first-order valence-corrected chi connectivity index (χ1v) is 5.91. The number of anilines is 1. The highest BCUT2D eigenvalue weighted by Crippen LogP contribution is 2.21. The van der Waals surface area contributed by atoms with Crippen molar-refractivity contribution in [2.75, 3.05) is 19.0 Å². The van der Waals surface area contributed by atoms with Gasteiger partial charge in [-0.2, -0.15) is 5.26 Å². The number of hydrogen-bond donors (Lipinski definition) is 1. The van der Waals surface area contributed by atoms with E-state index in [0.29, 0.717) is 12.3 Å². The summed E-state index contributed by atoms with van der Waals surface area (Å²) in [4.78, 5) is 4.01. The van der Waals surface area contributed by atoms with Crippen molar-refractivity contribution in [2.24, 2.45) is 0 Å². The van der Waals surface area contributed by atoms with Crippen molar-refractivity contribution in [2.45, 2.75) is 13.0 Å². The Labute approximate surface area is 111 Å². The molecule has 2 aromatic rings. The van der Waals surface area contributed by atoms with Crippen LogP contribution in [0.2, 0.25) is 0 Å². The molecule has 5 heteroatoms. The predicted octanol–water partition coefficient (Wildman–Crippen LogP) is 2.65. The summed E-state index contributed by atoms with van der Waals surface area (Å²) < 4.78 is 10.8. The van der Waals surface area contributed by atoms with E-state index in [2.05, 4.69) is 10.3 Å². The van der Waals surface area contributed by atoms with Crippen LogP contribution in [0.15, 0.2) is 34.9 Å². The minimum absolute atomic E-state index is 0.0894. The number of pyridine rings is 1. The van der Waals surface area contributed by atoms with Crippen LogP contribution in [0.1, 0.15) is 23.3 Å². The summed E-state index contributed by atoms with van der Waals surface area (Å²) in [7, 11) is 1.64. The van der Waals surface area contributed by atoms with E-state index in [-0.39, 0.29) is 6.04 Å². The number of aromatic nitrogens is 1. The zero-order valence-electron chi connectivity index (χ0n) is 10.9. The number of furan rings is 1. The highest BCUT2D eigenvalue weighted by atomic mass is 16.5. The van der Waals surface area contributed by atoms with Crippen molar-refractivity contribution in [3.05, 3.63) is 47.7 Å². The van der Waals surface area contributed by atoms with E-state index in [9.17, 15) is 0 Å². The lowest BCUT2D eigenvalue weighted by atomic mass is 10.2. The number of nitriles is 1. The Bertz CT molecular complexity index is 569. The topological polar surface area (TPSA) is 71.1 Å². The van der Waals surface area contributed by atoms with Crippen molar-refractivity contribution >= 4 is 5.69 Å². The number of rotatable bonds is 5.